The van der Waals surface area contributed by atoms with Crippen LogP contribution in [0.4, 0.5) is 4.39 Å². The third kappa shape index (κ3) is 2.92. The molecule has 0 aliphatic heterocycles. The number of halogens is 2. The van der Waals surface area contributed by atoms with Crippen LogP contribution in [-0.2, 0) is 6.54 Å². The van der Waals surface area contributed by atoms with Gasteiger partial charge < -0.3 is 0 Å². The number of hydrogen-bond acceptors (Lipinski definition) is 1. The summed E-state index contributed by atoms with van der Waals surface area (Å²) < 4.78 is 14.0. The molecule has 1 aromatic rings. The fourth-order valence-electron chi connectivity index (χ4n) is 1.36. The minimum atomic E-state index is -0.116. The van der Waals surface area contributed by atoms with Crippen LogP contribution in [0.25, 0.3) is 0 Å². The molecule has 0 fully saturated rings. The summed E-state index contributed by atoms with van der Waals surface area (Å²) in [5.74, 6) is -0.116. The van der Waals surface area contributed by atoms with Gasteiger partial charge in [-0.2, -0.15) is 0 Å². The molecular formula is C11H15FIN. The first-order valence-electron chi connectivity index (χ1n) is 4.84. The van der Waals surface area contributed by atoms with E-state index in [1.807, 2.05) is 6.07 Å². The average Bonchev–Trinajstić information content (AvgIpc) is 2.20. The molecule has 0 amide bonds. The zero-order valence-electron chi connectivity index (χ0n) is 8.56. The second-order valence-corrected chi connectivity index (χ2v) is 4.25. The molecule has 78 valence electrons. The number of benzene rings is 1. The van der Waals surface area contributed by atoms with Crippen LogP contribution in [-0.4, -0.2) is 18.0 Å². The van der Waals surface area contributed by atoms with Crippen molar-refractivity contribution in [2.24, 2.45) is 0 Å². The largest absolute Gasteiger partial charge is 0.300 e. The Kier molecular flexibility index (Phi) is 4.81. The second-order valence-electron chi connectivity index (χ2n) is 3.17. The molecular weight excluding hydrogens is 292 g/mol. The Morgan fingerprint density at radius 2 is 1.93 bits per heavy atom. The monoisotopic (exact) mass is 307 g/mol. The number of nitrogens with zero attached hydrogens (tertiary/aromatic N) is 1. The third-order valence-corrected chi connectivity index (χ3v) is 3.53. The summed E-state index contributed by atoms with van der Waals surface area (Å²) in [6, 6.07) is 5.27. The summed E-state index contributed by atoms with van der Waals surface area (Å²) in [6.45, 7) is 7.08. The highest BCUT2D eigenvalue weighted by Crippen LogP contribution is 2.17. The summed E-state index contributed by atoms with van der Waals surface area (Å²) in [5, 5.41) is 0. The van der Waals surface area contributed by atoms with Crippen LogP contribution in [0.1, 0.15) is 19.4 Å². The van der Waals surface area contributed by atoms with Gasteiger partial charge in [0.15, 0.2) is 0 Å². The molecule has 0 saturated heterocycles. The summed E-state index contributed by atoms with van der Waals surface area (Å²) in [6.07, 6.45) is 0. The van der Waals surface area contributed by atoms with Gasteiger partial charge in [0.1, 0.15) is 5.82 Å². The molecule has 0 radical (unpaired) electrons. The van der Waals surface area contributed by atoms with Gasteiger partial charge in [-0.05, 0) is 47.3 Å². The highest BCUT2D eigenvalue weighted by atomic mass is 127. The van der Waals surface area contributed by atoms with Crippen LogP contribution in [0.2, 0.25) is 0 Å². The van der Waals surface area contributed by atoms with Crippen molar-refractivity contribution in [3.05, 3.63) is 33.1 Å². The molecule has 0 bridgehead atoms. The van der Waals surface area contributed by atoms with Crippen molar-refractivity contribution in [1.29, 1.82) is 0 Å². The molecule has 0 aliphatic rings. The molecule has 1 nitrogen and oxygen atoms in total. The van der Waals surface area contributed by atoms with Crippen molar-refractivity contribution >= 4 is 22.6 Å². The summed E-state index contributed by atoms with van der Waals surface area (Å²) in [7, 11) is 0. The molecule has 0 unspecified atom stereocenters. The summed E-state index contributed by atoms with van der Waals surface area (Å²) >= 11 is 2.07. The van der Waals surface area contributed by atoms with E-state index in [0.29, 0.717) is 0 Å². The van der Waals surface area contributed by atoms with Gasteiger partial charge in [0.2, 0.25) is 0 Å². The van der Waals surface area contributed by atoms with Crippen molar-refractivity contribution < 1.29 is 4.39 Å². The standard InChI is InChI=1S/C11H15FIN/c1-3-14(4-2)8-9-6-5-7-10(12)11(9)13/h5-7H,3-4,8H2,1-2H3. The lowest BCUT2D eigenvalue weighted by atomic mass is 10.2. The van der Waals surface area contributed by atoms with Gasteiger partial charge >= 0.3 is 0 Å². The maximum atomic E-state index is 13.2. The van der Waals surface area contributed by atoms with Crippen molar-refractivity contribution in [2.75, 3.05) is 13.1 Å². The number of rotatable bonds is 4. The Morgan fingerprint density at radius 1 is 1.29 bits per heavy atom. The van der Waals surface area contributed by atoms with Gasteiger partial charge in [-0.15, -0.1) is 0 Å². The van der Waals surface area contributed by atoms with Gasteiger partial charge in [-0.25, -0.2) is 4.39 Å². The van der Waals surface area contributed by atoms with E-state index < -0.39 is 0 Å². The highest BCUT2D eigenvalue weighted by molar-refractivity contribution is 14.1. The molecule has 14 heavy (non-hydrogen) atoms. The maximum Gasteiger partial charge on any atom is 0.136 e. The lowest BCUT2D eigenvalue weighted by Gasteiger charge is -2.18. The molecule has 0 saturated carbocycles. The first kappa shape index (κ1) is 11.9. The lowest BCUT2D eigenvalue weighted by molar-refractivity contribution is 0.294. The van der Waals surface area contributed by atoms with E-state index in [9.17, 15) is 4.39 Å². The van der Waals surface area contributed by atoms with Crippen LogP contribution in [0, 0.1) is 9.39 Å². The summed E-state index contributed by atoms with van der Waals surface area (Å²) in [4.78, 5) is 2.27. The first-order chi connectivity index (χ1) is 6.69. The van der Waals surface area contributed by atoms with Crippen LogP contribution in [0.15, 0.2) is 18.2 Å². The van der Waals surface area contributed by atoms with E-state index in [1.165, 1.54) is 6.07 Å². The minimum absolute atomic E-state index is 0.116. The Labute approximate surface area is 98.4 Å². The molecule has 0 aromatic heterocycles. The van der Waals surface area contributed by atoms with Crippen LogP contribution in [0.5, 0.6) is 0 Å². The van der Waals surface area contributed by atoms with Gasteiger partial charge in [0.25, 0.3) is 0 Å². The molecule has 1 rings (SSSR count). The van der Waals surface area contributed by atoms with Crippen molar-refractivity contribution in [3.63, 3.8) is 0 Å². The van der Waals surface area contributed by atoms with Crippen molar-refractivity contribution in [3.8, 4) is 0 Å². The average molecular weight is 307 g/mol. The third-order valence-electron chi connectivity index (χ3n) is 2.32. The molecule has 1 aromatic carbocycles. The molecule has 0 heterocycles. The zero-order chi connectivity index (χ0) is 10.6. The highest BCUT2D eigenvalue weighted by Gasteiger charge is 2.07. The number of hydrogen-bond donors (Lipinski definition) is 0. The molecule has 0 atom stereocenters. The lowest BCUT2D eigenvalue weighted by Crippen LogP contribution is -2.22. The van der Waals surface area contributed by atoms with Gasteiger partial charge in [-0.1, -0.05) is 26.0 Å². The van der Waals surface area contributed by atoms with Crippen molar-refractivity contribution in [1.82, 2.24) is 4.90 Å². The van der Waals surface area contributed by atoms with Crippen LogP contribution in [0.3, 0.4) is 0 Å². The first-order valence-corrected chi connectivity index (χ1v) is 5.92. The zero-order valence-corrected chi connectivity index (χ0v) is 10.7. The fourth-order valence-corrected chi connectivity index (χ4v) is 1.89. The molecule has 0 spiro atoms. The van der Waals surface area contributed by atoms with E-state index in [0.717, 1.165) is 28.8 Å². The maximum absolute atomic E-state index is 13.2. The van der Waals surface area contributed by atoms with Gasteiger partial charge in [0.05, 0.1) is 3.57 Å². The fraction of sp³-hybridized carbons (Fsp3) is 0.455. The Morgan fingerprint density at radius 3 is 2.50 bits per heavy atom. The molecule has 0 aliphatic carbocycles. The normalized spacial score (nSPS) is 10.9. The summed E-state index contributed by atoms with van der Waals surface area (Å²) in [5.41, 5.74) is 1.08. The Bertz CT molecular complexity index is 297. The second kappa shape index (κ2) is 5.66. The smallest absolute Gasteiger partial charge is 0.136 e. The van der Waals surface area contributed by atoms with Crippen LogP contribution >= 0.6 is 22.6 Å². The Hall–Kier alpha value is -0.160. The van der Waals surface area contributed by atoms with Gasteiger partial charge in [-0.3, -0.25) is 4.90 Å². The topological polar surface area (TPSA) is 3.24 Å². The van der Waals surface area contributed by atoms with Crippen LogP contribution < -0.4 is 0 Å². The van der Waals surface area contributed by atoms with E-state index >= 15 is 0 Å². The Balaban J connectivity index is 2.80. The van der Waals surface area contributed by atoms with E-state index in [-0.39, 0.29) is 5.82 Å². The van der Waals surface area contributed by atoms with E-state index in [1.54, 1.807) is 6.07 Å². The SMILES string of the molecule is CCN(CC)Cc1cccc(F)c1I. The predicted octanol–water partition coefficient (Wildman–Crippen LogP) is 3.27. The van der Waals surface area contributed by atoms with Gasteiger partial charge in [0, 0.05) is 6.54 Å². The van der Waals surface area contributed by atoms with E-state index in [2.05, 4.69) is 41.3 Å². The molecule has 0 N–H and O–H groups in total. The predicted molar refractivity (Wildman–Crippen MR) is 65.7 cm³/mol. The van der Waals surface area contributed by atoms with Crippen molar-refractivity contribution in [2.45, 2.75) is 20.4 Å². The molecule has 3 heteroatoms. The minimum Gasteiger partial charge on any atom is -0.300 e. The van der Waals surface area contributed by atoms with E-state index in [4.69, 9.17) is 0 Å². The quantitative estimate of drug-likeness (QED) is 0.772.